The number of hydrogen-bond donors (Lipinski definition) is 0. The normalized spacial score (nSPS) is 9.18. The maximum Gasteiger partial charge on any atom is 0.295 e. The van der Waals surface area contributed by atoms with Crippen molar-refractivity contribution >= 4 is 0 Å². The van der Waals surface area contributed by atoms with Crippen molar-refractivity contribution in [2.45, 2.75) is 0 Å². The molecule has 0 amide bonds. The number of rotatable bonds is 1. The fraction of sp³-hybridized carbons (Fsp3) is 0. The Morgan fingerprint density at radius 1 is 0.882 bits per heavy atom. The quantitative estimate of drug-likeness (QED) is 0.323. The van der Waals surface area contributed by atoms with Gasteiger partial charge in [-0.15, -0.1) is 0 Å². The van der Waals surface area contributed by atoms with Gasteiger partial charge in [-0.25, -0.2) is 10.1 Å². The molecule has 0 heterocycles. The molecule has 0 saturated heterocycles. The summed E-state index contributed by atoms with van der Waals surface area (Å²) in [6, 6.07) is 19.2. The van der Waals surface area contributed by atoms with Gasteiger partial charge in [0.15, 0.2) is 0 Å². The van der Waals surface area contributed by atoms with Gasteiger partial charge in [0.25, 0.3) is 6.04 Å². The van der Waals surface area contributed by atoms with E-state index in [1.807, 2.05) is 48.5 Å². The summed E-state index contributed by atoms with van der Waals surface area (Å²) in [7, 11) is 0. The SMILES string of the molecule is O=[N+]([O-])C#Cc1ccc(-c2ccccc2)cc1. The lowest BCUT2D eigenvalue weighted by Crippen LogP contribution is -1.84. The third-order valence-electron chi connectivity index (χ3n) is 2.28. The Kier molecular flexibility index (Phi) is 3.18. The van der Waals surface area contributed by atoms with Crippen LogP contribution in [-0.4, -0.2) is 4.92 Å². The molecular formula is C14H9NO2. The van der Waals surface area contributed by atoms with E-state index in [2.05, 4.69) is 5.92 Å². The Balaban J connectivity index is 2.26. The Bertz CT molecular complexity index is 577. The van der Waals surface area contributed by atoms with Gasteiger partial charge in [-0.05, 0) is 23.3 Å². The first-order chi connectivity index (χ1) is 8.25. The van der Waals surface area contributed by atoms with Crippen molar-refractivity contribution in [3.05, 3.63) is 70.3 Å². The Morgan fingerprint density at radius 3 is 2.06 bits per heavy atom. The standard InChI is InChI=1S/C14H9NO2/c16-15(17)11-10-12-6-8-14(9-7-12)13-4-2-1-3-5-13/h1-9H. The van der Waals surface area contributed by atoms with Gasteiger partial charge in [-0.1, -0.05) is 42.5 Å². The third kappa shape index (κ3) is 2.93. The average molecular weight is 223 g/mol. The van der Waals surface area contributed by atoms with E-state index in [-0.39, 0.29) is 0 Å². The molecule has 3 heteroatoms. The van der Waals surface area contributed by atoms with Crippen molar-refractivity contribution in [1.82, 2.24) is 0 Å². The lowest BCUT2D eigenvalue weighted by Gasteiger charge is -2.00. The minimum atomic E-state index is -0.648. The van der Waals surface area contributed by atoms with Gasteiger partial charge in [-0.2, -0.15) is 0 Å². The molecule has 0 aromatic heterocycles. The van der Waals surface area contributed by atoms with Crippen LogP contribution < -0.4 is 0 Å². The van der Waals surface area contributed by atoms with Gasteiger partial charge in [0.2, 0.25) is 0 Å². The van der Waals surface area contributed by atoms with Crippen LogP contribution in [0.3, 0.4) is 0 Å². The molecule has 0 radical (unpaired) electrons. The van der Waals surface area contributed by atoms with Crippen LogP contribution >= 0.6 is 0 Å². The molecule has 0 fully saturated rings. The molecule has 0 unspecified atom stereocenters. The zero-order chi connectivity index (χ0) is 12.1. The fourth-order valence-corrected chi connectivity index (χ4v) is 1.49. The van der Waals surface area contributed by atoms with E-state index in [1.165, 1.54) is 0 Å². The Morgan fingerprint density at radius 2 is 1.47 bits per heavy atom. The first-order valence-corrected chi connectivity index (χ1v) is 5.07. The highest BCUT2D eigenvalue weighted by Crippen LogP contribution is 2.18. The monoisotopic (exact) mass is 223 g/mol. The van der Waals surface area contributed by atoms with Gasteiger partial charge in [0.1, 0.15) is 4.92 Å². The Hall–Kier alpha value is -2.60. The van der Waals surface area contributed by atoms with Crippen LogP contribution in [0.5, 0.6) is 0 Å². The number of nitro groups is 1. The second-order valence-electron chi connectivity index (χ2n) is 3.44. The minimum absolute atomic E-state index is 0.640. The van der Waals surface area contributed by atoms with Crippen LogP contribution in [0.4, 0.5) is 0 Å². The van der Waals surface area contributed by atoms with Crippen molar-refractivity contribution in [3.63, 3.8) is 0 Å². The highest BCUT2D eigenvalue weighted by Gasteiger charge is 1.96. The summed E-state index contributed by atoms with van der Waals surface area (Å²) in [4.78, 5) is 9.45. The van der Waals surface area contributed by atoms with E-state index in [0.29, 0.717) is 5.56 Å². The van der Waals surface area contributed by atoms with Crippen LogP contribution in [0.15, 0.2) is 54.6 Å². The van der Waals surface area contributed by atoms with Crippen molar-refractivity contribution in [3.8, 4) is 23.1 Å². The summed E-state index contributed by atoms with van der Waals surface area (Å²) in [5, 5.41) is 10.1. The molecule has 3 nitrogen and oxygen atoms in total. The molecule has 0 aliphatic rings. The highest BCUT2D eigenvalue weighted by atomic mass is 16.6. The van der Waals surface area contributed by atoms with E-state index in [4.69, 9.17) is 0 Å². The van der Waals surface area contributed by atoms with E-state index >= 15 is 0 Å². The fourth-order valence-electron chi connectivity index (χ4n) is 1.49. The summed E-state index contributed by atoms with van der Waals surface area (Å²) < 4.78 is 0. The van der Waals surface area contributed by atoms with Crippen LogP contribution in [0.25, 0.3) is 11.1 Å². The second kappa shape index (κ2) is 4.95. The highest BCUT2D eigenvalue weighted by molar-refractivity contribution is 5.64. The molecule has 0 atom stereocenters. The summed E-state index contributed by atoms with van der Waals surface area (Å²) in [6.45, 7) is 0. The van der Waals surface area contributed by atoms with Crippen molar-refractivity contribution < 1.29 is 4.92 Å². The van der Waals surface area contributed by atoms with Gasteiger partial charge in [-0.3, -0.25) is 0 Å². The van der Waals surface area contributed by atoms with Gasteiger partial charge < -0.3 is 0 Å². The van der Waals surface area contributed by atoms with Crippen LogP contribution in [-0.2, 0) is 0 Å². The van der Waals surface area contributed by atoms with Crippen LogP contribution in [0.2, 0.25) is 0 Å². The average Bonchev–Trinajstić information content (AvgIpc) is 2.38. The van der Waals surface area contributed by atoms with Crippen molar-refractivity contribution in [2.24, 2.45) is 0 Å². The van der Waals surface area contributed by atoms with Gasteiger partial charge in [0, 0.05) is 11.5 Å². The third-order valence-corrected chi connectivity index (χ3v) is 2.28. The largest absolute Gasteiger partial charge is 0.295 e. The predicted octanol–water partition coefficient (Wildman–Crippen LogP) is 2.94. The summed E-state index contributed by atoms with van der Waals surface area (Å²) in [5.74, 6) is 2.47. The molecule has 0 spiro atoms. The lowest BCUT2D eigenvalue weighted by molar-refractivity contribution is -0.379. The predicted molar refractivity (Wildman–Crippen MR) is 65.8 cm³/mol. The van der Waals surface area contributed by atoms with Gasteiger partial charge >= 0.3 is 0 Å². The summed E-state index contributed by atoms with van der Waals surface area (Å²) >= 11 is 0. The zero-order valence-electron chi connectivity index (χ0n) is 8.96. The maximum atomic E-state index is 10.1. The zero-order valence-corrected chi connectivity index (χ0v) is 8.96. The molecule has 17 heavy (non-hydrogen) atoms. The molecule has 2 rings (SSSR count). The molecule has 0 N–H and O–H groups in total. The number of nitrogens with zero attached hydrogens (tertiary/aromatic N) is 1. The van der Waals surface area contributed by atoms with Crippen molar-refractivity contribution in [1.29, 1.82) is 0 Å². The second-order valence-corrected chi connectivity index (χ2v) is 3.44. The lowest BCUT2D eigenvalue weighted by atomic mass is 10.0. The van der Waals surface area contributed by atoms with Crippen LogP contribution in [0.1, 0.15) is 5.56 Å². The smallest absolute Gasteiger partial charge is 0.249 e. The molecule has 82 valence electrons. The van der Waals surface area contributed by atoms with Gasteiger partial charge in [0.05, 0.1) is 0 Å². The first-order valence-electron chi connectivity index (χ1n) is 5.07. The molecule has 0 aliphatic heterocycles. The van der Waals surface area contributed by atoms with E-state index in [1.54, 1.807) is 12.1 Å². The molecule has 2 aromatic rings. The van der Waals surface area contributed by atoms with E-state index in [9.17, 15) is 10.1 Å². The molecular weight excluding hydrogens is 214 g/mol. The Labute approximate surface area is 98.9 Å². The van der Waals surface area contributed by atoms with E-state index in [0.717, 1.165) is 11.1 Å². The maximum absolute atomic E-state index is 10.1. The first kappa shape index (κ1) is 10.9. The minimum Gasteiger partial charge on any atom is -0.249 e. The molecule has 0 bridgehead atoms. The topological polar surface area (TPSA) is 43.1 Å². The summed E-state index contributed by atoms with van der Waals surface area (Å²) in [5.41, 5.74) is 2.82. The summed E-state index contributed by atoms with van der Waals surface area (Å²) in [6.07, 6.45) is 0. The number of benzene rings is 2. The molecule has 0 saturated carbocycles. The van der Waals surface area contributed by atoms with Crippen molar-refractivity contribution in [2.75, 3.05) is 0 Å². The number of hydrogen-bond acceptors (Lipinski definition) is 2. The van der Waals surface area contributed by atoms with E-state index < -0.39 is 4.92 Å². The molecule has 2 aromatic carbocycles. The molecule has 0 aliphatic carbocycles. The van der Waals surface area contributed by atoms with Crippen LogP contribution in [0, 0.1) is 22.1 Å².